The maximum absolute atomic E-state index is 2.59. The monoisotopic (exact) mass is 234 g/mol. The topological polar surface area (TPSA) is 6.48 Å². The van der Waals surface area contributed by atoms with Crippen molar-refractivity contribution < 1.29 is 0 Å². The molecule has 96 valence electrons. The standard InChI is InChI=1S/C15H26N2/c1-14-5-7-15(8-6-14)13-16(2)11-12-17-9-3-4-10-17/h5,7H,3-4,6,8-13H2,1-2H3. The van der Waals surface area contributed by atoms with E-state index in [1.807, 2.05) is 0 Å². The second kappa shape index (κ2) is 6.36. The van der Waals surface area contributed by atoms with Crippen molar-refractivity contribution in [3.05, 3.63) is 23.3 Å². The van der Waals surface area contributed by atoms with Crippen molar-refractivity contribution in [3.63, 3.8) is 0 Å². The van der Waals surface area contributed by atoms with E-state index in [1.165, 1.54) is 57.4 Å². The van der Waals surface area contributed by atoms with Crippen molar-refractivity contribution in [2.45, 2.75) is 32.6 Å². The van der Waals surface area contributed by atoms with E-state index in [9.17, 15) is 0 Å². The summed E-state index contributed by atoms with van der Waals surface area (Å²) >= 11 is 0. The average molecular weight is 234 g/mol. The summed E-state index contributed by atoms with van der Waals surface area (Å²) in [6, 6.07) is 0. The number of likely N-dealkylation sites (tertiary alicyclic amines) is 1. The van der Waals surface area contributed by atoms with Crippen LogP contribution >= 0.6 is 0 Å². The molecule has 0 amide bonds. The number of hydrogen-bond donors (Lipinski definition) is 0. The predicted octanol–water partition coefficient (Wildman–Crippen LogP) is 2.68. The molecule has 1 aliphatic heterocycles. The fourth-order valence-corrected chi connectivity index (χ4v) is 2.66. The van der Waals surface area contributed by atoms with E-state index in [-0.39, 0.29) is 0 Å². The number of likely N-dealkylation sites (N-methyl/N-ethyl adjacent to an activating group) is 1. The molecule has 1 saturated heterocycles. The second-order valence-corrected chi connectivity index (χ2v) is 5.62. The summed E-state index contributed by atoms with van der Waals surface area (Å²) in [5, 5.41) is 0. The Morgan fingerprint density at radius 2 is 1.94 bits per heavy atom. The molecule has 0 aromatic heterocycles. The molecule has 0 aromatic carbocycles. The zero-order chi connectivity index (χ0) is 12.1. The van der Waals surface area contributed by atoms with Gasteiger partial charge < -0.3 is 9.80 Å². The highest BCUT2D eigenvalue weighted by Crippen LogP contribution is 2.18. The minimum Gasteiger partial charge on any atom is -0.302 e. The Kier molecular flexibility index (Phi) is 4.81. The molecule has 0 spiro atoms. The van der Waals surface area contributed by atoms with Crippen LogP contribution in [0.5, 0.6) is 0 Å². The summed E-state index contributed by atoms with van der Waals surface area (Å²) in [5.74, 6) is 0. The zero-order valence-corrected chi connectivity index (χ0v) is 11.4. The van der Waals surface area contributed by atoms with Gasteiger partial charge in [-0.15, -0.1) is 0 Å². The van der Waals surface area contributed by atoms with E-state index in [2.05, 4.69) is 35.9 Å². The molecule has 0 aromatic rings. The minimum absolute atomic E-state index is 1.15. The van der Waals surface area contributed by atoms with Crippen LogP contribution in [0.1, 0.15) is 32.6 Å². The minimum atomic E-state index is 1.15. The van der Waals surface area contributed by atoms with Crippen LogP contribution in [-0.2, 0) is 0 Å². The van der Waals surface area contributed by atoms with Gasteiger partial charge in [-0.2, -0.15) is 0 Å². The zero-order valence-electron chi connectivity index (χ0n) is 11.4. The first-order valence-electron chi connectivity index (χ1n) is 7.00. The van der Waals surface area contributed by atoms with E-state index in [1.54, 1.807) is 5.57 Å². The lowest BCUT2D eigenvalue weighted by Gasteiger charge is -2.23. The van der Waals surface area contributed by atoms with Crippen LogP contribution in [0.25, 0.3) is 0 Å². The molecule has 0 N–H and O–H groups in total. The summed E-state index contributed by atoms with van der Waals surface area (Å²) < 4.78 is 0. The molecule has 2 rings (SSSR count). The van der Waals surface area contributed by atoms with Gasteiger partial charge in [-0.1, -0.05) is 23.3 Å². The Labute approximate surface area is 106 Å². The molecule has 0 radical (unpaired) electrons. The molecule has 0 atom stereocenters. The van der Waals surface area contributed by atoms with E-state index < -0.39 is 0 Å². The highest BCUT2D eigenvalue weighted by atomic mass is 15.2. The Morgan fingerprint density at radius 3 is 2.59 bits per heavy atom. The molecular formula is C15H26N2. The third kappa shape index (κ3) is 4.29. The molecule has 1 fully saturated rings. The van der Waals surface area contributed by atoms with Crippen LogP contribution in [0.3, 0.4) is 0 Å². The van der Waals surface area contributed by atoms with Crippen molar-refractivity contribution in [1.29, 1.82) is 0 Å². The van der Waals surface area contributed by atoms with Gasteiger partial charge in [0.1, 0.15) is 0 Å². The van der Waals surface area contributed by atoms with E-state index in [0.717, 1.165) is 6.54 Å². The van der Waals surface area contributed by atoms with Crippen molar-refractivity contribution in [2.24, 2.45) is 0 Å². The predicted molar refractivity (Wildman–Crippen MR) is 74.2 cm³/mol. The normalized spacial score (nSPS) is 21.8. The first-order chi connectivity index (χ1) is 8.24. The van der Waals surface area contributed by atoms with E-state index >= 15 is 0 Å². The van der Waals surface area contributed by atoms with E-state index in [0.29, 0.717) is 0 Å². The molecule has 2 heteroatoms. The molecule has 1 aliphatic carbocycles. The van der Waals surface area contributed by atoms with Crippen molar-refractivity contribution in [1.82, 2.24) is 9.80 Å². The first-order valence-corrected chi connectivity index (χ1v) is 7.00. The largest absolute Gasteiger partial charge is 0.302 e. The fraction of sp³-hybridized carbons (Fsp3) is 0.733. The van der Waals surface area contributed by atoms with Gasteiger partial charge in [0.25, 0.3) is 0 Å². The Hall–Kier alpha value is -0.600. The quantitative estimate of drug-likeness (QED) is 0.721. The smallest absolute Gasteiger partial charge is 0.0193 e. The van der Waals surface area contributed by atoms with Gasteiger partial charge in [-0.05, 0) is 52.7 Å². The second-order valence-electron chi connectivity index (χ2n) is 5.62. The third-order valence-electron chi connectivity index (χ3n) is 3.91. The number of allylic oxidation sites excluding steroid dienone is 3. The van der Waals surface area contributed by atoms with Crippen LogP contribution in [-0.4, -0.2) is 49.6 Å². The fourth-order valence-electron chi connectivity index (χ4n) is 2.66. The van der Waals surface area contributed by atoms with Crippen LogP contribution in [0.2, 0.25) is 0 Å². The van der Waals surface area contributed by atoms with E-state index in [4.69, 9.17) is 0 Å². The van der Waals surface area contributed by atoms with Crippen LogP contribution in [0.4, 0.5) is 0 Å². The van der Waals surface area contributed by atoms with Crippen LogP contribution < -0.4 is 0 Å². The number of nitrogens with zero attached hydrogens (tertiary/aromatic N) is 2. The Balaban J connectivity index is 1.68. The molecule has 0 bridgehead atoms. The van der Waals surface area contributed by atoms with Crippen molar-refractivity contribution >= 4 is 0 Å². The summed E-state index contributed by atoms with van der Waals surface area (Å²) in [6.45, 7) is 8.47. The van der Waals surface area contributed by atoms with Gasteiger partial charge in [-0.3, -0.25) is 0 Å². The van der Waals surface area contributed by atoms with Gasteiger partial charge in [-0.25, -0.2) is 0 Å². The lowest BCUT2D eigenvalue weighted by atomic mass is 9.99. The Morgan fingerprint density at radius 1 is 1.18 bits per heavy atom. The molecule has 17 heavy (non-hydrogen) atoms. The van der Waals surface area contributed by atoms with Gasteiger partial charge in [0.15, 0.2) is 0 Å². The van der Waals surface area contributed by atoms with Crippen LogP contribution in [0, 0.1) is 0 Å². The maximum Gasteiger partial charge on any atom is 0.0193 e. The summed E-state index contributed by atoms with van der Waals surface area (Å²) in [4.78, 5) is 5.06. The summed E-state index contributed by atoms with van der Waals surface area (Å²) in [5.41, 5.74) is 3.12. The van der Waals surface area contributed by atoms with Gasteiger partial charge >= 0.3 is 0 Å². The lowest BCUT2D eigenvalue weighted by molar-refractivity contribution is 0.267. The molecule has 0 saturated carbocycles. The summed E-state index contributed by atoms with van der Waals surface area (Å²) in [7, 11) is 2.25. The van der Waals surface area contributed by atoms with Gasteiger partial charge in [0.2, 0.25) is 0 Å². The van der Waals surface area contributed by atoms with Crippen LogP contribution in [0.15, 0.2) is 23.3 Å². The maximum atomic E-state index is 2.59. The van der Waals surface area contributed by atoms with Gasteiger partial charge in [0, 0.05) is 19.6 Å². The molecule has 1 heterocycles. The third-order valence-corrected chi connectivity index (χ3v) is 3.91. The SMILES string of the molecule is CC1=CC=C(CN(C)CCN2CCCC2)CC1. The summed E-state index contributed by atoms with van der Waals surface area (Å²) in [6.07, 6.45) is 9.93. The average Bonchev–Trinajstić information content (AvgIpc) is 2.83. The first kappa shape index (κ1) is 12.8. The number of hydrogen-bond acceptors (Lipinski definition) is 2. The number of rotatable bonds is 5. The van der Waals surface area contributed by atoms with Crippen molar-refractivity contribution in [3.8, 4) is 0 Å². The molecular weight excluding hydrogens is 208 g/mol. The van der Waals surface area contributed by atoms with Crippen molar-refractivity contribution in [2.75, 3.05) is 39.8 Å². The molecule has 0 unspecified atom stereocenters. The Bertz CT molecular complexity index is 298. The highest BCUT2D eigenvalue weighted by Gasteiger charge is 2.12. The highest BCUT2D eigenvalue weighted by molar-refractivity contribution is 5.23. The molecule has 2 aliphatic rings. The lowest BCUT2D eigenvalue weighted by Crippen LogP contribution is -2.32. The molecule has 2 nitrogen and oxygen atoms in total. The van der Waals surface area contributed by atoms with Gasteiger partial charge in [0.05, 0.1) is 0 Å².